The summed E-state index contributed by atoms with van der Waals surface area (Å²) in [6, 6.07) is 5.55. The average molecular weight is 233 g/mol. The van der Waals surface area contributed by atoms with Gasteiger partial charge in [0.25, 0.3) is 0 Å². The van der Waals surface area contributed by atoms with Gasteiger partial charge in [-0.25, -0.2) is 4.98 Å². The lowest BCUT2D eigenvalue weighted by atomic mass is 10.0. The molecule has 1 aromatic carbocycles. The van der Waals surface area contributed by atoms with Crippen molar-refractivity contribution >= 4 is 5.69 Å². The van der Waals surface area contributed by atoms with Crippen LogP contribution in [0.15, 0.2) is 36.9 Å². The summed E-state index contributed by atoms with van der Waals surface area (Å²) in [7, 11) is 0. The van der Waals surface area contributed by atoms with Crippen molar-refractivity contribution in [3.05, 3.63) is 42.5 Å². The van der Waals surface area contributed by atoms with Gasteiger partial charge in [0.05, 0.1) is 12.0 Å². The van der Waals surface area contributed by atoms with Crippen LogP contribution in [-0.2, 0) is 0 Å². The Morgan fingerprint density at radius 3 is 2.59 bits per heavy atom. The Balaban J connectivity index is 2.53. The molecule has 0 aliphatic rings. The van der Waals surface area contributed by atoms with Gasteiger partial charge >= 0.3 is 0 Å². The number of nitrogens with zero attached hydrogens (tertiary/aromatic N) is 3. The Hall–Kier alpha value is -1.85. The largest absolute Gasteiger partial charge is 0.304 e. The van der Waals surface area contributed by atoms with Crippen LogP contribution in [0.1, 0.15) is 25.3 Å². The van der Waals surface area contributed by atoms with Crippen molar-refractivity contribution in [2.75, 3.05) is 5.23 Å². The Labute approximate surface area is 99.5 Å². The normalized spacial score (nSPS) is 10.9. The van der Waals surface area contributed by atoms with Gasteiger partial charge in [0.15, 0.2) is 0 Å². The molecular formula is C12H15N3O2. The minimum atomic E-state index is 0.140. The summed E-state index contributed by atoms with van der Waals surface area (Å²) in [6.45, 7) is 4.10. The lowest BCUT2D eigenvalue weighted by molar-refractivity contribution is 0.0291. The van der Waals surface area contributed by atoms with Crippen LogP contribution < -0.4 is 5.23 Å². The Kier molecular flexibility index (Phi) is 3.12. The number of rotatable bonds is 3. The molecule has 0 spiro atoms. The number of imidazole rings is 1. The summed E-state index contributed by atoms with van der Waals surface area (Å²) in [5.41, 5.74) is 2.03. The van der Waals surface area contributed by atoms with Gasteiger partial charge in [-0.3, -0.25) is 10.4 Å². The molecule has 0 fully saturated rings. The maximum atomic E-state index is 9.26. The van der Waals surface area contributed by atoms with Crippen LogP contribution in [0.2, 0.25) is 0 Å². The smallest absolute Gasteiger partial charge is 0.119 e. The zero-order valence-corrected chi connectivity index (χ0v) is 9.78. The lowest BCUT2D eigenvalue weighted by Crippen LogP contribution is -2.14. The summed E-state index contributed by atoms with van der Waals surface area (Å²) in [5, 5.41) is 18.7. The van der Waals surface area contributed by atoms with Gasteiger partial charge in [0.1, 0.15) is 5.69 Å². The maximum Gasteiger partial charge on any atom is 0.119 e. The molecule has 0 radical (unpaired) electrons. The highest BCUT2D eigenvalue weighted by Gasteiger charge is 2.11. The van der Waals surface area contributed by atoms with E-state index >= 15 is 0 Å². The first-order valence-electron chi connectivity index (χ1n) is 5.39. The summed E-state index contributed by atoms with van der Waals surface area (Å²) < 4.78 is 1.72. The highest BCUT2D eigenvalue weighted by atomic mass is 16.8. The van der Waals surface area contributed by atoms with E-state index in [2.05, 4.69) is 18.8 Å². The molecule has 2 N–H and O–H groups in total. The third-order valence-corrected chi connectivity index (χ3v) is 2.66. The van der Waals surface area contributed by atoms with Gasteiger partial charge in [0, 0.05) is 12.4 Å². The number of aromatic nitrogens is 2. The lowest BCUT2D eigenvalue weighted by Gasteiger charge is -2.16. The zero-order valence-electron chi connectivity index (χ0n) is 9.78. The standard InChI is InChI=1S/C12H15N3O2/c1-9(2)10-3-4-11(12(7-10)15(16)17)14-6-5-13-8-14/h3-9,16-17H,1-2H3. The monoisotopic (exact) mass is 233 g/mol. The SMILES string of the molecule is CC(C)c1ccc(-n2ccnc2)c(N(O)O)c1. The molecule has 0 saturated carbocycles. The molecule has 0 bridgehead atoms. The first-order valence-corrected chi connectivity index (χ1v) is 5.39. The van der Waals surface area contributed by atoms with Gasteiger partial charge in [-0.2, -0.15) is 0 Å². The highest BCUT2D eigenvalue weighted by molar-refractivity contribution is 5.61. The first-order chi connectivity index (χ1) is 8.09. The van der Waals surface area contributed by atoms with E-state index in [1.807, 2.05) is 12.1 Å². The molecule has 17 heavy (non-hydrogen) atoms. The van der Waals surface area contributed by atoms with Crippen LogP contribution in [-0.4, -0.2) is 20.0 Å². The molecular weight excluding hydrogens is 218 g/mol. The van der Waals surface area contributed by atoms with E-state index in [0.29, 0.717) is 17.3 Å². The average Bonchev–Trinajstić information content (AvgIpc) is 2.81. The quantitative estimate of drug-likeness (QED) is 0.800. The summed E-state index contributed by atoms with van der Waals surface area (Å²) >= 11 is 0. The Bertz CT molecular complexity index is 492. The minimum absolute atomic E-state index is 0.140. The number of anilines is 1. The topological polar surface area (TPSA) is 61.5 Å². The molecule has 1 aromatic heterocycles. The van der Waals surface area contributed by atoms with Crippen molar-refractivity contribution in [2.24, 2.45) is 0 Å². The fourth-order valence-corrected chi connectivity index (χ4v) is 1.68. The molecule has 5 nitrogen and oxygen atoms in total. The first kappa shape index (κ1) is 11.6. The second-order valence-corrected chi connectivity index (χ2v) is 4.16. The van der Waals surface area contributed by atoms with Crippen molar-refractivity contribution in [3.63, 3.8) is 0 Å². The molecule has 5 heteroatoms. The zero-order chi connectivity index (χ0) is 12.4. The van der Waals surface area contributed by atoms with Crippen molar-refractivity contribution in [1.82, 2.24) is 9.55 Å². The fraction of sp³-hybridized carbons (Fsp3) is 0.250. The molecule has 0 amide bonds. The second kappa shape index (κ2) is 4.57. The molecule has 0 aliphatic carbocycles. The van der Waals surface area contributed by atoms with Gasteiger partial charge in [0.2, 0.25) is 0 Å². The van der Waals surface area contributed by atoms with E-state index in [-0.39, 0.29) is 5.23 Å². The summed E-state index contributed by atoms with van der Waals surface area (Å²) in [6.07, 6.45) is 4.99. The summed E-state index contributed by atoms with van der Waals surface area (Å²) in [4.78, 5) is 3.94. The fourth-order valence-electron chi connectivity index (χ4n) is 1.68. The highest BCUT2D eigenvalue weighted by Crippen LogP contribution is 2.27. The van der Waals surface area contributed by atoms with E-state index in [4.69, 9.17) is 0 Å². The van der Waals surface area contributed by atoms with Crippen molar-refractivity contribution in [3.8, 4) is 5.69 Å². The molecule has 90 valence electrons. The molecule has 0 aliphatic heterocycles. The van der Waals surface area contributed by atoms with Gasteiger partial charge < -0.3 is 4.57 Å². The number of hydrogen-bond acceptors (Lipinski definition) is 4. The van der Waals surface area contributed by atoms with E-state index in [0.717, 1.165) is 5.56 Å². The molecule has 1 heterocycles. The Morgan fingerprint density at radius 2 is 2.06 bits per heavy atom. The molecule has 0 saturated heterocycles. The van der Waals surface area contributed by atoms with Crippen LogP contribution in [0.4, 0.5) is 5.69 Å². The van der Waals surface area contributed by atoms with E-state index < -0.39 is 0 Å². The van der Waals surface area contributed by atoms with Crippen molar-refractivity contribution in [2.45, 2.75) is 19.8 Å². The minimum Gasteiger partial charge on any atom is -0.304 e. The van der Waals surface area contributed by atoms with E-state index in [1.165, 1.54) is 0 Å². The van der Waals surface area contributed by atoms with Gasteiger partial charge in [-0.05, 0) is 23.6 Å². The third-order valence-electron chi connectivity index (χ3n) is 2.66. The van der Waals surface area contributed by atoms with Crippen molar-refractivity contribution in [1.29, 1.82) is 0 Å². The van der Waals surface area contributed by atoms with Crippen LogP contribution >= 0.6 is 0 Å². The summed E-state index contributed by atoms with van der Waals surface area (Å²) in [5.74, 6) is 0.325. The molecule has 0 unspecified atom stereocenters. The van der Waals surface area contributed by atoms with Gasteiger partial charge in [-0.1, -0.05) is 19.9 Å². The number of hydrogen-bond donors (Lipinski definition) is 2. The molecule has 0 atom stereocenters. The second-order valence-electron chi connectivity index (χ2n) is 4.16. The maximum absolute atomic E-state index is 9.26. The van der Waals surface area contributed by atoms with E-state index in [9.17, 15) is 10.4 Å². The van der Waals surface area contributed by atoms with Crippen LogP contribution in [0.3, 0.4) is 0 Å². The van der Waals surface area contributed by atoms with E-state index in [1.54, 1.807) is 29.4 Å². The van der Waals surface area contributed by atoms with Crippen LogP contribution in [0.5, 0.6) is 0 Å². The number of benzene rings is 1. The van der Waals surface area contributed by atoms with Crippen molar-refractivity contribution < 1.29 is 10.4 Å². The molecule has 2 aromatic rings. The predicted molar refractivity (Wildman–Crippen MR) is 63.7 cm³/mol. The van der Waals surface area contributed by atoms with Gasteiger partial charge in [-0.15, -0.1) is 5.23 Å². The predicted octanol–water partition coefficient (Wildman–Crippen LogP) is 2.58. The van der Waals surface area contributed by atoms with Crippen LogP contribution in [0, 0.1) is 0 Å². The third kappa shape index (κ3) is 2.30. The molecule has 2 rings (SSSR count). The van der Waals surface area contributed by atoms with Crippen LogP contribution in [0.25, 0.3) is 5.69 Å². The Morgan fingerprint density at radius 1 is 1.29 bits per heavy atom.